The zero-order valence-electron chi connectivity index (χ0n) is 13.2. The molecule has 118 valence electrons. The summed E-state index contributed by atoms with van der Waals surface area (Å²) in [6.45, 7) is 3.59. The molecule has 0 aliphatic rings. The monoisotopic (exact) mass is 309 g/mol. The second kappa shape index (κ2) is 7.94. The average molecular weight is 309 g/mol. The molecule has 2 aromatic carbocycles. The molecule has 4 nitrogen and oxygen atoms in total. The molecule has 0 radical (unpaired) electrons. The fourth-order valence-corrected chi connectivity index (χ4v) is 1.99. The van der Waals surface area contributed by atoms with Gasteiger partial charge in [0, 0.05) is 11.8 Å². The Balaban J connectivity index is 1.83. The number of carbonyl (C=O) groups is 2. The summed E-state index contributed by atoms with van der Waals surface area (Å²) in [4.78, 5) is 23.4. The summed E-state index contributed by atoms with van der Waals surface area (Å²) >= 11 is 0. The lowest BCUT2D eigenvalue weighted by molar-refractivity contribution is -0.142. The predicted octanol–water partition coefficient (Wildman–Crippen LogP) is 3.50. The number of hydrogen-bond acceptors (Lipinski definition) is 3. The van der Waals surface area contributed by atoms with Gasteiger partial charge >= 0.3 is 5.97 Å². The Labute approximate surface area is 135 Å². The van der Waals surface area contributed by atoms with Gasteiger partial charge in [0.1, 0.15) is 0 Å². The molecule has 0 spiro atoms. The van der Waals surface area contributed by atoms with Crippen molar-refractivity contribution in [2.24, 2.45) is 0 Å². The van der Waals surface area contributed by atoms with Gasteiger partial charge in [-0.3, -0.25) is 4.79 Å². The van der Waals surface area contributed by atoms with E-state index in [1.807, 2.05) is 62.4 Å². The maximum absolute atomic E-state index is 11.8. The highest BCUT2D eigenvalue weighted by Gasteiger charge is 2.08. The molecule has 0 heterocycles. The minimum atomic E-state index is -0.551. The molecule has 0 saturated heterocycles. The van der Waals surface area contributed by atoms with E-state index in [1.165, 1.54) is 6.08 Å². The van der Waals surface area contributed by atoms with Crippen molar-refractivity contribution in [2.45, 2.75) is 13.8 Å². The Bertz CT molecular complexity index is 721. The number of nitrogens with one attached hydrogen (secondary N) is 1. The summed E-state index contributed by atoms with van der Waals surface area (Å²) in [6.07, 6.45) is 2.95. The standard InChI is InChI=1S/C19H19NO3/c1-14-7-6-10-17(15(14)2)20-18(21)13-23-19(22)12-11-16-8-4-3-5-9-16/h3-12H,13H2,1-2H3,(H,20,21)/b12-11+. The first kappa shape index (κ1) is 16.5. The predicted molar refractivity (Wildman–Crippen MR) is 91.0 cm³/mol. The molecule has 23 heavy (non-hydrogen) atoms. The quantitative estimate of drug-likeness (QED) is 0.679. The van der Waals surface area contributed by atoms with Crippen LogP contribution in [0.2, 0.25) is 0 Å². The number of anilines is 1. The van der Waals surface area contributed by atoms with Crippen LogP contribution in [0.1, 0.15) is 16.7 Å². The highest BCUT2D eigenvalue weighted by molar-refractivity contribution is 5.95. The lowest BCUT2D eigenvalue weighted by atomic mass is 10.1. The van der Waals surface area contributed by atoms with E-state index in [4.69, 9.17) is 4.74 Å². The van der Waals surface area contributed by atoms with Gasteiger partial charge in [-0.1, -0.05) is 42.5 Å². The smallest absolute Gasteiger partial charge is 0.331 e. The number of amides is 1. The number of hydrogen-bond donors (Lipinski definition) is 1. The second-order valence-corrected chi connectivity index (χ2v) is 5.15. The van der Waals surface area contributed by atoms with Crippen molar-refractivity contribution in [2.75, 3.05) is 11.9 Å². The van der Waals surface area contributed by atoms with Gasteiger partial charge in [-0.15, -0.1) is 0 Å². The van der Waals surface area contributed by atoms with Crippen LogP contribution in [0.25, 0.3) is 6.08 Å². The maximum Gasteiger partial charge on any atom is 0.331 e. The maximum atomic E-state index is 11.8. The lowest BCUT2D eigenvalue weighted by Crippen LogP contribution is -2.20. The molecule has 1 amide bonds. The third-order valence-electron chi connectivity index (χ3n) is 3.44. The second-order valence-electron chi connectivity index (χ2n) is 5.15. The minimum Gasteiger partial charge on any atom is -0.452 e. The van der Waals surface area contributed by atoms with Crippen LogP contribution in [0, 0.1) is 13.8 Å². The van der Waals surface area contributed by atoms with Crippen molar-refractivity contribution < 1.29 is 14.3 Å². The summed E-state index contributed by atoms with van der Waals surface area (Å²) < 4.78 is 4.93. The van der Waals surface area contributed by atoms with Crippen LogP contribution in [-0.4, -0.2) is 18.5 Å². The van der Waals surface area contributed by atoms with Gasteiger partial charge in [0.05, 0.1) is 0 Å². The number of carbonyl (C=O) groups excluding carboxylic acids is 2. The van der Waals surface area contributed by atoms with E-state index in [-0.39, 0.29) is 12.5 Å². The van der Waals surface area contributed by atoms with Gasteiger partial charge in [0.15, 0.2) is 6.61 Å². The van der Waals surface area contributed by atoms with Crippen molar-refractivity contribution in [3.63, 3.8) is 0 Å². The van der Waals surface area contributed by atoms with Gasteiger partial charge in [0.25, 0.3) is 5.91 Å². The van der Waals surface area contributed by atoms with Crippen LogP contribution in [0.15, 0.2) is 54.6 Å². The summed E-state index contributed by atoms with van der Waals surface area (Å²) in [6, 6.07) is 15.1. The zero-order valence-corrected chi connectivity index (χ0v) is 13.2. The molecule has 2 aromatic rings. The normalized spacial score (nSPS) is 10.5. The van der Waals surface area contributed by atoms with Gasteiger partial charge in [-0.2, -0.15) is 0 Å². The van der Waals surface area contributed by atoms with Crippen molar-refractivity contribution >= 4 is 23.6 Å². The Morgan fingerprint density at radius 1 is 1.04 bits per heavy atom. The molecule has 1 N–H and O–H groups in total. The minimum absolute atomic E-state index is 0.314. The largest absolute Gasteiger partial charge is 0.452 e. The molecule has 0 unspecified atom stereocenters. The SMILES string of the molecule is Cc1cccc(NC(=O)COC(=O)/C=C/c2ccccc2)c1C. The molecule has 2 rings (SSSR count). The zero-order chi connectivity index (χ0) is 16.7. The van der Waals surface area contributed by atoms with Gasteiger partial charge < -0.3 is 10.1 Å². The molecule has 0 aliphatic heterocycles. The third kappa shape index (κ3) is 5.11. The van der Waals surface area contributed by atoms with Crippen LogP contribution in [0.5, 0.6) is 0 Å². The molecular formula is C19H19NO3. The van der Waals surface area contributed by atoms with Crippen molar-refractivity contribution in [1.29, 1.82) is 0 Å². The summed E-state index contributed by atoms with van der Waals surface area (Å²) in [5.41, 5.74) is 3.71. The lowest BCUT2D eigenvalue weighted by Gasteiger charge is -2.10. The summed E-state index contributed by atoms with van der Waals surface area (Å²) in [7, 11) is 0. The van der Waals surface area contributed by atoms with Crippen LogP contribution in [-0.2, 0) is 14.3 Å². The van der Waals surface area contributed by atoms with Crippen LogP contribution < -0.4 is 5.32 Å². The van der Waals surface area contributed by atoms with Gasteiger partial charge in [0.2, 0.25) is 0 Å². The molecule has 0 aliphatic carbocycles. The highest BCUT2D eigenvalue weighted by atomic mass is 16.5. The average Bonchev–Trinajstić information content (AvgIpc) is 2.56. The topological polar surface area (TPSA) is 55.4 Å². The molecule has 0 atom stereocenters. The molecular weight excluding hydrogens is 290 g/mol. The molecule has 0 fully saturated rings. The number of rotatable bonds is 5. The first-order chi connectivity index (χ1) is 11.1. The van der Waals surface area contributed by atoms with E-state index in [9.17, 15) is 9.59 Å². The fourth-order valence-electron chi connectivity index (χ4n) is 1.99. The number of ether oxygens (including phenoxy) is 1. The Morgan fingerprint density at radius 3 is 2.52 bits per heavy atom. The Kier molecular flexibility index (Phi) is 5.69. The number of esters is 1. The van der Waals surface area contributed by atoms with Gasteiger partial charge in [-0.25, -0.2) is 4.79 Å². The van der Waals surface area contributed by atoms with Crippen molar-refractivity contribution in [1.82, 2.24) is 0 Å². The van der Waals surface area contributed by atoms with E-state index in [0.29, 0.717) is 0 Å². The van der Waals surface area contributed by atoms with E-state index in [2.05, 4.69) is 5.32 Å². The van der Waals surface area contributed by atoms with Crippen LogP contribution >= 0.6 is 0 Å². The first-order valence-corrected chi connectivity index (χ1v) is 7.32. The fraction of sp³-hybridized carbons (Fsp3) is 0.158. The Hall–Kier alpha value is -2.88. The van der Waals surface area contributed by atoms with Gasteiger partial charge in [-0.05, 0) is 42.7 Å². The summed E-state index contributed by atoms with van der Waals surface area (Å²) in [5.74, 6) is -0.912. The van der Waals surface area contributed by atoms with Crippen molar-refractivity contribution in [3.05, 3.63) is 71.3 Å². The third-order valence-corrected chi connectivity index (χ3v) is 3.44. The van der Waals surface area contributed by atoms with Crippen LogP contribution in [0.4, 0.5) is 5.69 Å². The Morgan fingerprint density at radius 2 is 1.78 bits per heavy atom. The molecule has 0 aromatic heterocycles. The number of benzene rings is 2. The summed E-state index contributed by atoms with van der Waals surface area (Å²) in [5, 5.41) is 2.74. The van der Waals surface area contributed by atoms with Crippen molar-refractivity contribution in [3.8, 4) is 0 Å². The number of aryl methyl sites for hydroxylation is 1. The van der Waals surface area contributed by atoms with E-state index >= 15 is 0 Å². The highest BCUT2D eigenvalue weighted by Crippen LogP contribution is 2.17. The van der Waals surface area contributed by atoms with Crippen LogP contribution in [0.3, 0.4) is 0 Å². The first-order valence-electron chi connectivity index (χ1n) is 7.32. The van der Waals surface area contributed by atoms with E-state index in [1.54, 1.807) is 6.08 Å². The van der Waals surface area contributed by atoms with E-state index in [0.717, 1.165) is 22.4 Å². The molecule has 0 bridgehead atoms. The van der Waals surface area contributed by atoms with E-state index < -0.39 is 5.97 Å². The molecule has 0 saturated carbocycles. The molecule has 4 heteroatoms.